The zero-order chi connectivity index (χ0) is 22.7. The molecule has 1 aliphatic heterocycles. The molecule has 0 unspecified atom stereocenters. The maximum absolute atomic E-state index is 13.2. The Labute approximate surface area is 189 Å². The van der Waals surface area contributed by atoms with Gasteiger partial charge in [0.15, 0.2) is 0 Å². The molecule has 0 saturated heterocycles. The summed E-state index contributed by atoms with van der Waals surface area (Å²) in [5, 5.41) is 3.82. The number of nitrogens with zero attached hydrogens (tertiary/aromatic N) is 1. The van der Waals surface area contributed by atoms with Gasteiger partial charge in [0, 0.05) is 17.3 Å². The van der Waals surface area contributed by atoms with E-state index in [1.807, 2.05) is 57.2 Å². The number of imide groups is 1. The Kier molecular flexibility index (Phi) is 7.06. The van der Waals surface area contributed by atoms with Crippen LogP contribution in [0.4, 0.5) is 5.69 Å². The summed E-state index contributed by atoms with van der Waals surface area (Å²) in [5.74, 6) is 0.709. The predicted molar refractivity (Wildman–Crippen MR) is 125 cm³/mol. The Bertz CT molecular complexity index is 1010. The van der Waals surface area contributed by atoms with Gasteiger partial charge in [0.2, 0.25) is 0 Å². The molecular weight excluding hydrogens is 412 g/mol. The molecule has 0 aliphatic carbocycles. The lowest BCUT2D eigenvalue weighted by atomic mass is 10.0. The summed E-state index contributed by atoms with van der Waals surface area (Å²) in [6, 6.07) is 12.7. The van der Waals surface area contributed by atoms with Gasteiger partial charge in [-0.05, 0) is 60.2 Å². The van der Waals surface area contributed by atoms with Crippen molar-refractivity contribution >= 4 is 34.7 Å². The minimum atomic E-state index is -0.316. The SMILES string of the molecule is Cc1cc(Cl)ccc1NC1=C(c2ccc(OCC(C)C)cc2)C(=O)N(CC(C)C)C1=O. The Morgan fingerprint density at radius 2 is 1.65 bits per heavy atom. The second-order valence-corrected chi connectivity index (χ2v) is 9.11. The number of halogens is 1. The van der Waals surface area contributed by atoms with Crippen LogP contribution in [0.2, 0.25) is 5.02 Å². The lowest BCUT2D eigenvalue weighted by molar-refractivity contribution is -0.137. The van der Waals surface area contributed by atoms with E-state index in [4.69, 9.17) is 16.3 Å². The fraction of sp³-hybridized carbons (Fsp3) is 0.360. The van der Waals surface area contributed by atoms with Crippen molar-refractivity contribution in [3.63, 3.8) is 0 Å². The molecule has 0 spiro atoms. The van der Waals surface area contributed by atoms with Crippen LogP contribution in [0.1, 0.15) is 38.8 Å². The highest BCUT2D eigenvalue weighted by Gasteiger charge is 2.39. The second-order valence-electron chi connectivity index (χ2n) is 8.68. The molecule has 1 heterocycles. The number of amides is 2. The van der Waals surface area contributed by atoms with Gasteiger partial charge in [-0.25, -0.2) is 0 Å². The van der Waals surface area contributed by atoms with E-state index >= 15 is 0 Å². The number of nitrogens with one attached hydrogen (secondary N) is 1. The lowest BCUT2D eigenvalue weighted by Crippen LogP contribution is -2.35. The van der Waals surface area contributed by atoms with Gasteiger partial charge >= 0.3 is 0 Å². The summed E-state index contributed by atoms with van der Waals surface area (Å²) in [6.07, 6.45) is 0. The van der Waals surface area contributed by atoms with Crippen molar-refractivity contribution in [2.24, 2.45) is 11.8 Å². The second kappa shape index (κ2) is 9.56. The van der Waals surface area contributed by atoms with Gasteiger partial charge in [-0.1, -0.05) is 51.4 Å². The third-order valence-corrected chi connectivity index (χ3v) is 5.13. The highest BCUT2D eigenvalue weighted by Crippen LogP contribution is 2.33. The van der Waals surface area contributed by atoms with Crippen molar-refractivity contribution in [3.05, 3.63) is 64.3 Å². The molecule has 0 bridgehead atoms. The molecule has 0 atom stereocenters. The first-order valence-electron chi connectivity index (χ1n) is 10.5. The first-order valence-corrected chi connectivity index (χ1v) is 10.9. The van der Waals surface area contributed by atoms with Crippen molar-refractivity contribution in [2.75, 3.05) is 18.5 Å². The third kappa shape index (κ3) is 5.28. The maximum Gasteiger partial charge on any atom is 0.278 e. The Balaban J connectivity index is 1.99. The van der Waals surface area contributed by atoms with Crippen molar-refractivity contribution in [1.82, 2.24) is 4.90 Å². The van der Waals surface area contributed by atoms with E-state index in [1.165, 1.54) is 4.90 Å². The topological polar surface area (TPSA) is 58.6 Å². The number of aryl methyl sites for hydroxylation is 1. The van der Waals surface area contributed by atoms with Gasteiger partial charge in [-0.3, -0.25) is 14.5 Å². The molecule has 5 nitrogen and oxygen atoms in total. The fourth-order valence-electron chi connectivity index (χ4n) is 3.37. The normalized spacial score (nSPS) is 14.3. The quantitative estimate of drug-likeness (QED) is 0.548. The van der Waals surface area contributed by atoms with Crippen LogP contribution in [0, 0.1) is 18.8 Å². The first-order chi connectivity index (χ1) is 14.7. The van der Waals surface area contributed by atoms with E-state index in [1.54, 1.807) is 6.07 Å². The van der Waals surface area contributed by atoms with E-state index in [-0.39, 0.29) is 23.4 Å². The highest BCUT2D eigenvalue weighted by atomic mass is 35.5. The predicted octanol–water partition coefficient (Wildman–Crippen LogP) is 5.53. The number of ether oxygens (including phenoxy) is 1. The van der Waals surface area contributed by atoms with Crippen LogP contribution in [-0.4, -0.2) is 29.9 Å². The molecule has 1 N–H and O–H groups in total. The molecule has 0 fully saturated rings. The largest absolute Gasteiger partial charge is 0.493 e. The van der Waals surface area contributed by atoms with Crippen LogP contribution in [0.25, 0.3) is 5.57 Å². The smallest absolute Gasteiger partial charge is 0.278 e. The van der Waals surface area contributed by atoms with Gasteiger partial charge in [0.1, 0.15) is 11.4 Å². The third-order valence-electron chi connectivity index (χ3n) is 4.89. The zero-order valence-corrected chi connectivity index (χ0v) is 19.4. The molecule has 0 saturated carbocycles. The molecule has 2 aromatic carbocycles. The minimum Gasteiger partial charge on any atom is -0.493 e. The number of carbonyl (C=O) groups is 2. The van der Waals surface area contributed by atoms with Crippen molar-refractivity contribution < 1.29 is 14.3 Å². The summed E-state index contributed by atoms with van der Waals surface area (Å²) >= 11 is 6.07. The molecule has 164 valence electrons. The summed E-state index contributed by atoms with van der Waals surface area (Å²) in [7, 11) is 0. The molecule has 6 heteroatoms. The monoisotopic (exact) mass is 440 g/mol. The number of hydrogen-bond acceptors (Lipinski definition) is 4. The molecule has 2 aromatic rings. The van der Waals surface area contributed by atoms with E-state index in [2.05, 4.69) is 19.2 Å². The molecule has 31 heavy (non-hydrogen) atoms. The Morgan fingerprint density at radius 1 is 0.968 bits per heavy atom. The van der Waals surface area contributed by atoms with Gasteiger partial charge in [-0.2, -0.15) is 0 Å². The van der Waals surface area contributed by atoms with Gasteiger partial charge in [0.05, 0.1) is 12.2 Å². The van der Waals surface area contributed by atoms with Crippen LogP contribution in [0.5, 0.6) is 5.75 Å². The number of carbonyl (C=O) groups excluding carboxylic acids is 2. The van der Waals surface area contributed by atoms with Gasteiger partial charge in [0.25, 0.3) is 11.8 Å². The van der Waals surface area contributed by atoms with Gasteiger partial charge < -0.3 is 10.1 Å². The molecular formula is C25H29ClN2O3. The van der Waals surface area contributed by atoms with E-state index < -0.39 is 0 Å². The number of hydrogen-bond donors (Lipinski definition) is 1. The van der Waals surface area contributed by atoms with Crippen molar-refractivity contribution in [1.29, 1.82) is 0 Å². The van der Waals surface area contributed by atoms with Crippen LogP contribution in [-0.2, 0) is 9.59 Å². The van der Waals surface area contributed by atoms with Crippen molar-refractivity contribution in [2.45, 2.75) is 34.6 Å². The molecule has 3 rings (SSSR count). The zero-order valence-electron chi connectivity index (χ0n) is 18.7. The van der Waals surface area contributed by atoms with Gasteiger partial charge in [-0.15, -0.1) is 0 Å². The summed E-state index contributed by atoms with van der Waals surface area (Å²) < 4.78 is 5.75. The molecule has 1 aliphatic rings. The van der Waals surface area contributed by atoms with E-state index in [0.29, 0.717) is 35.2 Å². The standard InChI is InChI=1S/C25H29ClN2O3/c1-15(2)13-28-24(29)22(18-6-9-20(10-7-18)31-14-16(3)4)23(25(28)30)27-21-11-8-19(26)12-17(21)5/h6-12,15-16,27H,13-14H2,1-5H3. The van der Waals surface area contributed by atoms with E-state index in [9.17, 15) is 9.59 Å². The molecule has 0 radical (unpaired) electrons. The highest BCUT2D eigenvalue weighted by molar-refractivity contribution is 6.36. The van der Waals surface area contributed by atoms with Crippen LogP contribution < -0.4 is 10.1 Å². The number of benzene rings is 2. The average molecular weight is 441 g/mol. The minimum absolute atomic E-state index is 0.164. The first kappa shape index (κ1) is 22.9. The summed E-state index contributed by atoms with van der Waals surface area (Å²) in [4.78, 5) is 27.8. The molecule has 0 aromatic heterocycles. The summed E-state index contributed by atoms with van der Waals surface area (Å²) in [5.41, 5.74) is 2.96. The van der Waals surface area contributed by atoms with Crippen LogP contribution in [0.3, 0.4) is 0 Å². The van der Waals surface area contributed by atoms with E-state index in [0.717, 1.165) is 17.0 Å². The summed E-state index contributed by atoms with van der Waals surface area (Å²) in [6.45, 7) is 11.0. The van der Waals surface area contributed by atoms with Crippen molar-refractivity contribution in [3.8, 4) is 5.75 Å². The fourth-order valence-corrected chi connectivity index (χ4v) is 3.60. The number of anilines is 1. The Morgan fingerprint density at radius 3 is 2.23 bits per heavy atom. The Hall–Kier alpha value is -2.79. The van der Waals surface area contributed by atoms with Crippen LogP contribution >= 0.6 is 11.6 Å². The average Bonchev–Trinajstić information content (AvgIpc) is 2.93. The maximum atomic E-state index is 13.2. The van der Waals surface area contributed by atoms with Crippen LogP contribution in [0.15, 0.2) is 48.2 Å². The lowest BCUT2D eigenvalue weighted by Gasteiger charge is -2.17. The number of rotatable bonds is 8. The molecule has 2 amide bonds.